The summed E-state index contributed by atoms with van der Waals surface area (Å²) in [5.41, 5.74) is -0.435. The van der Waals surface area contributed by atoms with E-state index >= 15 is 0 Å². The number of hydrogen-bond donors (Lipinski definition) is 3. The first-order valence-electron chi connectivity index (χ1n) is 6.05. The molecule has 3 atom stereocenters. The van der Waals surface area contributed by atoms with Gasteiger partial charge in [-0.2, -0.15) is 0 Å². The van der Waals surface area contributed by atoms with Crippen molar-refractivity contribution in [1.82, 2.24) is 9.55 Å². The Morgan fingerprint density at radius 1 is 1.43 bits per heavy atom. The van der Waals surface area contributed by atoms with Crippen LogP contribution in [0.25, 0.3) is 11.0 Å². The van der Waals surface area contributed by atoms with Crippen LogP contribution in [0.4, 0.5) is 0 Å². The molecule has 1 fully saturated rings. The van der Waals surface area contributed by atoms with Crippen LogP contribution in [0.5, 0.6) is 0 Å². The monoisotopic (exact) mass is 440 g/mol. The third-order valence-electron chi connectivity index (χ3n) is 3.61. The van der Waals surface area contributed by atoms with Crippen molar-refractivity contribution in [2.45, 2.75) is 17.9 Å². The van der Waals surface area contributed by atoms with Gasteiger partial charge in [-0.1, -0.05) is 0 Å². The van der Waals surface area contributed by atoms with Gasteiger partial charge in [-0.3, -0.25) is 4.57 Å². The molecule has 0 bridgehead atoms. The Morgan fingerprint density at radius 2 is 2.14 bits per heavy atom. The van der Waals surface area contributed by atoms with Crippen LogP contribution in [0.2, 0.25) is 5.28 Å². The quantitative estimate of drug-likeness (QED) is 0.658. The lowest BCUT2D eigenvalue weighted by Crippen LogP contribution is -2.48. The molecule has 114 valence electrons. The van der Waals surface area contributed by atoms with Gasteiger partial charge >= 0.3 is 0 Å². The molecule has 0 aliphatic carbocycles. The maximum absolute atomic E-state index is 10.2. The van der Waals surface area contributed by atoms with Gasteiger partial charge in [0.25, 0.3) is 0 Å². The molecule has 0 unspecified atom stereocenters. The third-order valence-corrected chi connectivity index (χ3v) is 5.86. The molecule has 3 N–H and O–H groups in total. The summed E-state index contributed by atoms with van der Waals surface area (Å²) in [4.78, 5) is 4.24. The zero-order valence-electron chi connectivity index (χ0n) is 10.5. The summed E-state index contributed by atoms with van der Waals surface area (Å²) in [5.74, 6) is 0. The Morgan fingerprint density at radius 3 is 2.71 bits per heavy atom. The molecule has 3 rings (SSSR count). The van der Waals surface area contributed by atoms with E-state index in [9.17, 15) is 15.3 Å². The van der Waals surface area contributed by atoms with Crippen molar-refractivity contribution in [2.24, 2.45) is 0 Å². The van der Waals surface area contributed by atoms with E-state index in [-0.39, 0.29) is 11.9 Å². The fraction of sp³-hybridized carbons (Fsp3) is 0.417. The number of hydrogen-bond acceptors (Lipinski definition) is 5. The van der Waals surface area contributed by atoms with Crippen molar-refractivity contribution in [1.29, 1.82) is 0 Å². The van der Waals surface area contributed by atoms with Crippen LogP contribution in [0.15, 0.2) is 21.1 Å². The molecule has 1 saturated heterocycles. The van der Waals surface area contributed by atoms with Crippen molar-refractivity contribution in [3.8, 4) is 0 Å². The van der Waals surface area contributed by atoms with Gasteiger partial charge in [0.1, 0.15) is 17.7 Å². The summed E-state index contributed by atoms with van der Waals surface area (Å²) in [6.07, 6.45) is -2.43. The van der Waals surface area contributed by atoms with Gasteiger partial charge in [0.2, 0.25) is 5.28 Å². The fourth-order valence-corrected chi connectivity index (χ4v) is 3.59. The second-order valence-corrected chi connectivity index (χ2v) is 6.76. The van der Waals surface area contributed by atoms with E-state index < -0.39 is 24.5 Å². The van der Waals surface area contributed by atoms with E-state index in [1.165, 1.54) is 4.57 Å². The van der Waals surface area contributed by atoms with E-state index in [2.05, 4.69) is 36.8 Å². The number of ether oxygens (including phenoxy) is 1. The maximum Gasteiger partial charge on any atom is 0.206 e. The molecule has 0 radical (unpaired) electrons. The standard InChI is InChI=1S/C12H11Br2ClN2O4/c13-5-1-2-6-9(8(5)14)16-11(15)17(6)12(4-18)10(20)7(19)3-21-12/h1-2,7,10,18-20H,3-4H2/t7-,10-,12-/m0/s1. The maximum atomic E-state index is 10.2. The van der Waals surface area contributed by atoms with Crippen LogP contribution in [0, 0.1) is 0 Å². The Bertz CT molecular complexity index is 710. The molecule has 21 heavy (non-hydrogen) atoms. The van der Waals surface area contributed by atoms with Crippen molar-refractivity contribution < 1.29 is 20.1 Å². The average molecular weight is 442 g/mol. The molecule has 2 aromatic rings. The molecule has 1 aromatic heterocycles. The van der Waals surface area contributed by atoms with Gasteiger partial charge in [-0.05, 0) is 55.6 Å². The SMILES string of the molecule is OC[C@]1(n2c(Cl)nc3c(Br)c(Br)ccc32)OC[C@H](O)[C@@H]1O. The normalized spacial score (nSPS) is 29.4. The highest BCUT2D eigenvalue weighted by molar-refractivity contribution is 9.13. The number of rotatable bonds is 2. The van der Waals surface area contributed by atoms with Crippen LogP contribution in [0.1, 0.15) is 0 Å². The minimum absolute atomic E-state index is 0.0472. The molecule has 2 heterocycles. The first-order valence-corrected chi connectivity index (χ1v) is 8.02. The summed E-state index contributed by atoms with van der Waals surface area (Å²) in [7, 11) is 0. The van der Waals surface area contributed by atoms with Gasteiger partial charge < -0.3 is 20.1 Å². The zero-order valence-corrected chi connectivity index (χ0v) is 14.4. The number of nitrogens with zero attached hydrogens (tertiary/aromatic N) is 2. The number of benzene rings is 1. The summed E-state index contributed by atoms with van der Waals surface area (Å²) < 4.78 is 8.37. The number of aliphatic hydroxyl groups excluding tert-OH is 3. The molecular formula is C12H11Br2ClN2O4. The van der Waals surface area contributed by atoms with E-state index in [1.54, 1.807) is 12.1 Å². The molecule has 0 saturated carbocycles. The molecule has 9 heteroatoms. The molecular weight excluding hydrogens is 431 g/mol. The molecule has 1 aromatic carbocycles. The van der Waals surface area contributed by atoms with Crippen molar-refractivity contribution in [3.05, 3.63) is 26.4 Å². The summed E-state index contributed by atoms with van der Waals surface area (Å²) >= 11 is 13.0. The van der Waals surface area contributed by atoms with Gasteiger partial charge in [0, 0.05) is 4.47 Å². The van der Waals surface area contributed by atoms with Gasteiger partial charge in [-0.25, -0.2) is 4.98 Å². The Kier molecular flexibility index (Phi) is 4.07. The topological polar surface area (TPSA) is 87.7 Å². The van der Waals surface area contributed by atoms with Crippen molar-refractivity contribution in [2.75, 3.05) is 13.2 Å². The Hall–Kier alpha value is -0.220. The fourth-order valence-electron chi connectivity index (χ4n) is 2.53. The van der Waals surface area contributed by atoms with Crippen LogP contribution in [-0.2, 0) is 10.5 Å². The van der Waals surface area contributed by atoms with Crippen LogP contribution < -0.4 is 0 Å². The highest BCUT2D eigenvalue weighted by Gasteiger charge is 2.52. The summed E-state index contributed by atoms with van der Waals surface area (Å²) in [6, 6.07) is 3.52. The highest BCUT2D eigenvalue weighted by Crippen LogP contribution is 2.40. The van der Waals surface area contributed by atoms with Gasteiger partial charge in [0.15, 0.2) is 5.72 Å². The van der Waals surface area contributed by atoms with Crippen LogP contribution in [-0.4, -0.2) is 50.3 Å². The molecule has 0 spiro atoms. The van der Waals surface area contributed by atoms with E-state index in [0.717, 1.165) is 4.47 Å². The smallest absolute Gasteiger partial charge is 0.206 e. The minimum atomic E-state index is -1.56. The largest absolute Gasteiger partial charge is 0.391 e. The minimum Gasteiger partial charge on any atom is -0.391 e. The Labute approximate surface area is 141 Å². The van der Waals surface area contributed by atoms with E-state index in [1.807, 2.05) is 0 Å². The molecule has 0 amide bonds. The van der Waals surface area contributed by atoms with Crippen molar-refractivity contribution in [3.63, 3.8) is 0 Å². The van der Waals surface area contributed by atoms with Gasteiger partial charge in [-0.15, -0.1) is 0 Å². The van der Waals surface area contributed by atoms with Crippen LogP contribution in [0.3, 0.4) is 0 Å². The van der Waals surface area contributed by atoms with Gasteiger partial charge in [0.05, 0.1) is 23.2 Å². The lowest BCUT2D eigenvalue weighted by molar-refractivity contribution is -0.149. The number of aromatic nitrogens is 2. The number of fused-ring (bicyclic) bond motifs is 1. The number of aliphatic hydroxyl groups is 3. The Balaban J connectivity index is 2.29. The summed E-state index contributed by atoms with van der Waals surface area (Å²) in [5, 5.41) is 29.8. The van der Waals surface area contributed by atoms with E-state index in [4.69, 9.17) is 16.3 Å². The van der Waals surface area contributed by atoms with E-state index in [0.29, 0.717) is 15.5 Å². The number of halogens is 3. The lowest BCUT2D eigenvalue weighted by atomic mass is 10.1. The first-order chi connectivity index (χ1) is 9.92. The third kappa shape index (κ3) is 2.16. The number of imidazole rings is 1. The van der Waals surface area contributed by atoms with Crippen molar-refractivity contribution >= 4 is 54.5 Å². The second kappa shape index (κ2) is 5.45. The zero-order chi connectivity index (χ0) is 15.4. The first kappa shape index (κ1) is 15.7. The second-order valence-electron chi connectivity index (χ2n) is 4.77. The highest BCUT2D eigenvalue weighted by atomic mass is 79.9. The summed E-state index contributed by atoms with van der Waals surface area (Å²) in [6.45, 7) is -0.653. The predicted molar refractivity (Wildman–Crippen MR) is 83.2 cm³/mol. The lowest BCUT2D eigenvalue weighted by Gasteiger charge is -2.32. The molecule has 6 nitrogen and oxygen atoms in total. The average Bonchev–Trinajstić information content (AvgIpc) is 2.95. The molecule has 1 aliphatic rings. The molecule has 1 aliphatic heterocycles. The van der Waals surface area contributed by atoms with Crippen LogP contribution >= 0.6 is 43.5 Å². The predicted octanol–water partition coefficient (Wildman–Crippen LogP) is 1.61.